The second-order valence-corrected chi connectivity index (χ2v) is 7.76. The van der Waals surface area contributed by atoms with Crippen LogP contribution in [0.3, 0.4) is 0 Å². The van der Waals surface area contributed by atoms with Crippen LogP contribution in [0.15, 0.2) is 42.0 Å². The number of alkyl halides is 3. The lowest BCUT2D eigenvalue weighted by Crippen LogP contribution is -2.26. The summed E-state index contributed by atoms with van der Waals surface area (Å²) < 4.78 is 45.1. The molecule has 0 aliphatic carbocycles. The van der Waals surface area contributed by atoms with Gasteiger partial charge < -0.3 is 15.4 Å². The Kier molecular flexibility index (Phi) is 5.22. The normalized spacial score (nSPS) is 20.9. The van der Waals surface area contributed by atoms with Gasteiger partial charge in [-0.1, -0.05) is 12.1 Å². The molecule has 2 aromatic rings. The van der Waals surface area contributed by atoms with E-state index in [1.807, 2.05) is 25.1 Å². The topological polar surface area (TPSA) is 50.4 Å². The van der Waals surface area contributed by atoms with Crippen LogP contribution in [0.25, 0.3) is 5.57 Å². The SMILES string of the molecule is CC(=O)Nc1ccc2c(c1)NC(C)/C(=C1\CCCOc3cc(C(F)(F)F)ccc31)C2. The number of hydrogen-bond acceptors (Lipinski definition) is 3. The first kappa shape index (κ1) is 20.3. The fourth-order valence-electron chi connectivity index (χ4n) is 4.16. The van der Waals surface area contributed by atoms with E-state index in [-0.39, 0.29) is 11.9 Å². The molecule has 158 valence electrons. The van der Waals surface area contributed by atoms with Gasteiger partial charge in [-0.15, -0.1) is 0 Å². The lowest BCUT2D eigenvalue weighted by atomic mass is 9.85. The van der Waals surface area contributed by atoms with E-state index in [0.717, 1.165) is 58.6 Å². The highest BCUT2D eigenvalue weighted by molar-refractivity contribution is 5.89. The standard InChI is InChI=1S/C23H23F3N2O2/c1-13-20(10-15-5-7-17(28-14(2)29)12-21(15)27-13)18-4-3-9-30-22-11-16(23(24,25)26)6-8-19(18)22/h5-8,11-13,27H,3-4,9-10H2,1-2H3,(H,28,29)/b20-18+. The fraction of sp³-hybridized carbons (Fsp3) is 0.348. The predicted octanol–water partition coefficient (Wildman–Crippen LogP) is 5.65. The van der Waals surface area contributed by atoms with Crippen molar-refractivity contribution in [3.63, 3.8) is 0 Å². The van der Waals surface area contributed by atoms with Crippen LogP contribution in [0.2, 0.25) is 0 Å². The number of rotatable bonds is 1. The second kappa shape index (κ2) is 7.70. The van der Waals surface area contributed by atoms with E-state index in [9.17, 15) is 18.0 Å². The number of halogens is 3. The van der Waals surface area contributed by atoms with Crippen molar-refractivity contribution in [1.29, 1.82) is 0 Å². The van der Waals surface area contributed by atoms with Crippen molar-refractivity contribution >= 4 is 22.9 Å². The molecular formula is C23H23F3N2O2. The molecule has 0 bridgehead atoms. The van der Waals surface area contributed by atoms with Crippen LogP contribution in [0.1, 0.15) is 43.4 Å². The average Bonchev–Trinajstić information content (AvgIpc) is 2.88. The number of fused-ring (bicyclic) bond motifs is 2. The zero-order valence-corrected chi connectivity index (χ0v) is 16.8. The van der Waals surface area contributed by atoms with Gasteiger partial charge in [0, 0.05) is 29.9 Å². The van der Waals surface area contributed by atoms with Crippen molar-refractivity contribution in [3.05, 3.63) is 58.7 Å². The van der Waals surface area contributed by atoms with Gasteiger partial charge in [0.05, 0.1) is 12.2 Å². The Morgan fingerprint density at radius 1 is 1.20 bits per heavy atom. The molecule has 1 atom stereocenters. The van der Waals surface area contributed by atoms with Crippen molar-refractivity contribution in [3.8, 4) is 5.75 Å². The van der Waals surface area contributed by atoms with Gasteiger partial charge in [0.15, 0.2) is 0 Å². The lowest BCUT2D eigenvalue weighted by Gasteiger charge is -2.30. The number of allylic oxidation sites excluding steroid dienone is 1. The zero-order chi connectivity index (χ0) is 21.5. The highest BCUT2D eigenvalue weighted by Gasteiger charge is 2.32. The summed E-state index contributed by atoms with van der Waals surface area (Å²) in [5, 5.41) is 6.26. The number of carbonyl (C=O) groups is 1. The van der Waals surface area contributed by atoms with Crippen LogP contribution in [0.4, 0.5) is 24.5 Å². The van der Waals surface area contributed by atoms with Crippen LogP contribution in [-0.2, 0) is 17.4 Å². The van der Waals surface area contributed by atoms with Gasteiger partial charge in [-0.05, 0) is 67.2 Å². The third-order valence-corrected chi connectivity index (χ3v) is 5.56. The number of hydrogen-bond donors (Lipinski definition) is 2. The van der Waals surface area contributed by atoms with Gasteiger partial charge >= 0.3 is 6.18 Å². The summed E-state index contributed by atoms with van der Waals surface area (Å²) in [7, 11) is 0. The quantitative estimate of drug-likeness (QED) is 0.632. The summed E-state index contributed by atoms with van der Waals surface area (Å²) in [6.07, 6.45) is -2.21. The molecule has 1 unspecified atom stereocenters. The summed E-state index contributed by atoms with van der Waals surface area (Å²) >= 11 is 0. The summed E-state index contributed by atoms with van der Waals surface area (Å²) in [6, 6.07) is 9.52. The molecule has 2 N–H and O–H groups in total. The Hall–Kier alpha value is -2.96. The molecule has 0 saturated heterocycles. The summed E-state index contributed by atoms with van der Waals surface area (Å²) in [5.74, 6) is 0.165. The molecule has 2 heterocycles. The number of benzene rings is 2. The van der Waals surface area contributed by atoms with Crippen molar-refractivity contribution < 1.29 is 22.7 Å². The average molecular weight is 416 g/mol. The van der Waals surface area contributed by atoms with Crippen LogP contribution < -0.4 is 15.4 Å². The Bertz CT molecular complexity index is 1030. The van der Waals surface area contributed by atoms with Crippen LogP contribution in [0.5, 0.6) is 5.75 Å². The van der Waals surface area contributed by atoms with Crippen molar-refractivity contribution in [2.24, 2.45) is 0 Å². The van der Waals surface area contributed by atoms with Gasteiger partial charge in [0.2, 0.25) is 5.91 Å². The maximum atomic E-state index is 13.1. The number of amides is 1. The van der Waals surface area contributed by atoms with Crippen LogP contribution in [0, 0.1) is 0 Å². The van der Waals surface area contributed by atoms with Gasteiger partial charge in [0.1, 0.15) is 5.75 Å². The summed E-state index contributed by atoms with van der Waals surface area (Å²) in [4.78, 5) is 11.3. The predicted molar refractivity (Wildman–Crippen MR) is 111 cm³/mol. The molecule has 2 aliphatic heterocycles. The third kappa shape index (κ3) is 4.01. The van der Waals surface area contributed by atoms with E-state index in [1.54, 1.807) is 0 Å². The molecule has 0 aromatic heterocycles. The molecule has 0 spiro atoms. The number of ether oxygens (including phenoxy) is 1. The Balaban J connectivity index is 1.74. The third-order valence-electron chi connectivity index (χ3n) is 5.56. The van der Waals surface area contributed by atoms with Crippen LogP contribution in [-0.4, -0.2) is 18.6 Å². The van der Waals surface area contributed by atoms with E-state index < -0.39 is 11.7 Å². The Morgan fingerprint density at radius 3 is 2.73 bits per heavy atom. The summed E-state index contributed by atoms with van der Waals surface area (Å²) in [5.41, 5.74) is 5.01. The fourth-order valence-corrected chi connectivity index (χ4v) is 4.16. The van der Waals surface area contributed by atoms with Gasteiger partial charge in [-0.25, -0.2) is 0 Å². The van der Waals surface area contributed by atoms with Crippen molar-refractivity contribution in [2.45, 2.75) is 45.3 Å². The van der Waals surface area contributed by atoms with Gasteiger partial charge in [0.25, 0.3) is 0 Å². The lowest BCUT2D eigenvalue weighted by molar-refractivity contribution is -0.137. The molecule has 2 aromatic carbocycles. The highest BCUT2D eigenvalue weighted by atomic mass is 19.4. The minimum absolute atomic E-state index is 0.00770. The van der Waals surface area contributed by atoms with E-state index in [2.05, 4.69) is 10.6 Å². The maximum Gasteiger partial charge on any atom is 0.416 e. The number of anilines is 2. The zero-order valence-electron chi connectivity index (χ0n) is 16.8. The Morgan fingerprint density at radius 2 is 2.00 bits per heavy atom. The first-order valence-corrected chi connectivity index (χ1v) is 9.96. The number of nitrogens with one attached hydrogen (secondary N) is 2. The molecule has 7 heteroatoms. The molecule has 30 heavy (non-hydrogen) atoms. The molecule has 4 nitrogen and oxygen atoms in total. The molecular weight excluding hydrogens is 393 g/mol. The molecule has 0 radical (unpaired) electrons. The van der Waals surface area contributed by atoms with E-state index in [1.165, 1.54) is 13.0 Å². The van der Waals surface area contributed by atoms with Crippen LogP contribution >= 0.6 is 0 Å². The Labute approximate surface area is 173 Å². The van der Waals surface area contributed by atoms with Crippen molar-refractivity contribution in [1.82, 2.24) is 0 Å². The van der Waals surface area contributed by atoms with Crippen molar-refractivity contribution in [2.75, 3.05) is 17.2 Å². The molecule has 0 saturated carbocycles. The minimum atomic E-state index is -4.40. The summed E-state index contributed by atoms with van der Waals surface area (Å²) in [6.45, 7) is 3.91. The molecule has 4 rings (SSSR count). The van der Waals surface area contributed by atoms with E-state index >= 15 is 0 Å². The first-order chi connectivity index (χ1) is 14.2. The largest absolute Gasteiger partial charge is 0.493 e. The van der Waals surface area contributed by atoms with E-state index in [4.69, 9.17) is 4.74 Å². The monoisotopic (exact) mass is 416 g/mol. The second-order valence-electron chi connectivity index (χ2n) is 7.76. The molecule has 1 amide bonds. The minimum Gasteiger partial charge on any atom is -0.493 e. The molecule has 0 fully saturated rings. The first-order valence-electron chi connectivity index (χ1n) is 9.96. The van der Waals surface area contributed by atoms with Gasteiger partial charge in [-0.2, -0.15) is 13.2 Å². The smallest absolute Gasteiger partial charge is 0.416 e. The number of carbonyl (C=O) groups excluding carboxylic acids is 1. The molecule has 2 aliphatic rings. The van der Waals surface area contributed by atoms with Gasteiger partial charge in [-0.3, -0.25) is 4.79 Å². The maximum absolute atomic E-state index is 13.1. The van der Waals surface area contributed by atoms with E-state index in [0.29, 0.717) is 18.8 Å². The highest BCUT2D eigenvalue weighted by Crippen LogP contribution is 2.42.